The van der Waals surface area contributed by atoms with Gasteiger partial charge in [0.2, 0.25) is 5.91 Å². The van der Waals surface area contributed by atoms with Crippen LogP contribution in [0.5, 0.6) is 0 Å². The SMILES string of the molecule is N#Cc1ccc(NC(=O)CN(CCC2=CCCCC2)c2c(N)n(Cc3ccccc3)c(=O)[nH]c2=O)cc1. The summed E-state index contributed by atoms with van der Waals surface area (Å²) in [6.07, 6.45) is 7.21. The highest BCUT2D eigenvalue weighted by molar-refractivity contribution is 5.94. The van der Waals surface area contributed by atoms with E-state index in [0.29, 0.717) is 24.2 Å². The number of amides is 1. The van der Waals surface area contributed by atoms with E-state index in [1.165, 1.54) is 10.1 Å². The van der Waals surface area contributed by atoms with Gasteiger partial charge in [-0.15, -0.1) is 0 Å². The standard InChI is InChI=1S/C28H30N6O3/c29-17-21-11-13-23(14-12-21)31-24(35)19-33(16-15-20-7-3-1-4-8-20)25-26(30)34(28(37)32-27(25)36)18-22-9-5-2-6-10-22/h2,5-7,9-14H,1,3-4,8,15-16,18-19,30H2,(H,31,35)(H,32,36,37). The van der Waals surface area contributed by atoms with Crippen LogP contribution in [0.3, 0.4) is 0 Å². The summed E-state index contributed by atoms with van der Waals surface area (Å²) in [6.45, 7) is 0.444. The minimum absolute atomic E-state index is 0.0152. The third-order valence-electron chi connectivity index (χ3n) is 6.43. The highest BCUT2D eigenvalue weighted by Crippen LogP contribution is 2.23. The van der Waals surface area contributed by atoms with Crippen molar-refractivity contribution in [3.8, 4) is 6.07 Å². The first-order chi connectivity index (χ1) is 17.9. The van der Waals surface area contributed by atoms with Gasteiger partial charge in [0.25, 0.3) is 5.56 Å². The molecule has 0 radical (unpaired) electrons. The maximum absolute atomic E-state index is 13.0. The first-order valence-electron chi connectivity index (χ1n) is 12.3. The average Bonchev–Trinajstić information content (AvgIpc) is 2.91. The maximum Gasteiger partial charge on any atom is 0.330 e. The van der Waals surface area contributed by atoms with Crippen LogP contribution in [0.25, 0.3) is 0 Å². The van der Waals surface area contributed by atoms with Crippen LogP contribution in [0, 0.1) is 11.3 Å². The molecule has 0 aliphatic heterocycles. The van der Waals surface area contributed by atoms with Gasteiger partial charge in [0.1, 0.15) is 11.5 Å². The minimum atomic E-state index is -0.629. The Morgan fingerprint density at radius 2 is 1.86 bits per heavy atom. The van der Waals surface area contributed by atoms with Crippen molar-refractivity contribution >= 4 is 23.1 Å². The Bertz CT molecular complexity index is 1430. The lowest BCUT2D eigenvalue weighted by molar-refractivity contribution is -0.115. The van der Waals surface area contributed by atoms with Crippen molar-refractivity contribution < 1.29 is 4.79 Å². The summed E-state index contributed by atoms with van der Waals surface area (Å²) >= 11 is 0. The summed E-state index contributed by atoms with van der Waals surface area (Å²) in [5, 5.41) is 11.8. The molecule has 9 heteroatoms. The summed E-state index contributed by atoms with van der Waals surface area (Å²) < 4.78 is 1.32. The molecule has 3 aromatic rings. The number of nitrogen functional groups attached to an aromatic ring is 1. The number of benzene rings is 2. The van der Waals surface area contributed by atoms with Crippen LogP contribution in [0.1, 0.15) is 43.2 Å². The number of carbonyl (C=O) groups is 1. The number of nitrogens with two attached hydrogens (primary N) is 1. The fraction of sp³-hybridized carbons (Fsp3) is 0.286. The molecule has 2 aromatic carbocycles. The van der Waals surface area contributed by atoms with Gasteiger partial charge < -0.3 is 16.0 Å². The van der Waals surface area contributed by atoms with Crippen molar-refractivity contribution in [2.24, 2.45) is 0 Å². The van der Waals surface area contributed by atoms with E-state index in [9.17, 15) is 14.4 Å². The average molecular weight is 499 g/mol. The van der Waals surface area contributed by atoms with Gasteiger partial charge in [0, 0.05) is 12.2 Å². The Labute approximate surface area is 214 Å². The van der Waals surface area contributed by atoms with Gasteiger partial charge in [-0.25, -0.2) is 4.79 Å². The topological polar surface area (TPSA) is 137 Å². The molecule has 1 aromatic heterocycles. The molecule has 0 bridgehead atoms. The number of allylic oxidation sites excluding steroid dienone is 1. The summed E-state index contributed by atoms with van der Waals surface area (Å²) in [5.41, 5.74) is 8.46. The molecule has 4 N–H and O–H groups in total. The molecular formula is C28H30N6O3. The quantitative estimate of drug-likeness (QED) is 0.387. The lowest BCUT2D eigenvalue weighted by Crippen LogP contribution is -2.42. The zero-order chi connectivity index (χ0) is 26.2. The molecular weight excluding hydrogens is 468 g/mol. The number of nitriles is 1. The molecule has 0 fully saturated rings. The Morgan fingerprint density at radius 1 is 1.11 bits per heavy atom. The number of anilines is 3. The van der Waals surface area contributed by atoms with Gasteiger partial charge in [-0.3, -0.25) is 19.1 Å². The molecule has 0 saturated heterocycles. The highest BCUT2D eigenvalue weighted by atomic mass is 16.2. The van der Waals surface area contributed by atoms with Crippen molar-refractivity contribution in [1.82, 2.24) is 9.55 Å². The fourth-order valence-electron chi connectivity index (χ4n) is 4.49. The number of H-pyrrole nitrogens is 1. The normalized spacial score (nSPS) is 12.9. The molecule has 190 valence electrons. The van der Waals surface area contributed by atoms with Crippen LogP contribution < -0.4 is 27.2 Å². The molecule has 1 heterocycles. The molecule has 1 aliphatic carbocycles. The van der Waals surface area contributed by atoms with Crippen LogP contribution in [-0.2, 0) is 11.3 Å². The number of hydrogen-bond donors (Lipinski definition) is 3. The monoisotopic (exact) mass is 498 g/mol. The minimum Gasteiger partial charge on any atom is -0.383 e. The van der Waals surface area contributed by atoms with Gasteiger partial charge >= 0.3 is 5.69 Å². The first kappa shape index (κ1) is 25.5. The Kier molecular flexibility index (Phi) is 8.21. The fourth-order valence-corrected chi connectivity index (χ4v) is 4.49. The van der Waals surface area contributed by atoms with E-state index in [2.05, 4.69) is 16.4 Å². The van der Waals surface area contributed by atoms with Crippen LogP contribution in [0.15, 0.2) is 75.8 Å². The van der Waals surface area contributed by atoms with E-state index in [1.807, 2.05) is 36.4 Å². The smallest absolute Gasteiger partial charge is 0.330 e. The first-order valence-corrected chi connectivity index (χ1v) is 12.3. The van der Waals surface area contributed by atoms with Crippen LogP contribution in [0.2, 0.25) is 0 Å². The number of aromatic nitrogens is 2. The second-order valence-corrected chi connectivity index (χ2v) is 9.08. The second kappa shape index (κ2) is 11.9. The molecule has 0 atom stereocenters. The third kappa shape index (κ3) is 6.55. The zero-order valence-corrected chi connectivity index (χ0v) is 20.6. The van der Waals surface area contributed by atoms with E-state index in [-0.39, 0.29) is 30.5 Å². The van der Waals surface area contributed by atoms with Gasteiger partial charge in [-0.05, 0) is 61.9 Å². The lowest BCUT2D eigenvalue weighted by Gasteiger charge is -2.27. The van der Waals surface area contributed by atoms with Crippen molar-refractivity contribution in [2.75, 3.05) is 29.0 Å². The summed E-state index contributed by atoms with van der Waals surface area (Å²) in [6, 6.07) is 17.9. The number of aromatic amines is 1. The number of rotatable bonds is 9. The van der Waals surface area contributed by atoms with Crippen molar-refractivity contribution in [1.29, 1.82) is 5.26 Å². The number of nitrogens with one attached hydrogen (secondary N) is 2. The highest BCUT2D eigenvalue weighted by Gasteiger charge is 2.22. The maximum atomic E-state index is 13.0. The van der Waals surface area contributed by atoms with E-state index in [0.717, 1.165) is 31.2 Å². The second-order valence-electron chi connectivity index (χ2n) is 9.08. The predicted octanol–water partition coefficient (Wildman–Crippen LogP) is 3.37. The third-order valence-corrected chi connectivity index (χ3v) is 6.43. The molecule has 37 heavy (non-hydrogen) atoms. The summed E-state index contributed by atoms with van der Waals surface area (Å²) in [4.78, 5) is 42.7. The van der Waals surface area contributed by atoms with Crippen LogP contribution in [0.4, 0.5) is 17.2 Å². The molecule has 0 spiro atoms. The van der Waals surface area contributed by atoms with E-state index in [1.54, 1.807) is 29.2 Å². The number of carbonyl (C=O) groups excluding carboxylic acids is 1. The molecule has 9 nitrogen and oxygen atoms in total. The lowest BCUT2D eigenvalue weighted by atomic mass is 9.97. The molecule has 1 amide bonds. The van der Waals surface area contributed by atoms with Gasteiger partial charge in [-0.1, -0.05) is 42.0 Å². The Morgan fingerprint density at radius 3 is 2.54 bits per heavy atom. The summed E-state index contributed by atoms with van der Waals surface area (Å²) in [5.74, 6) is -0.330. The molecule has 0 saturated carbocycles. The molecule has 4 rings (SSSR count). The van der Waals surface area contributed by atoms with Crippen molar-refractivity contribution in [2.45, 2.75) is 38.6 Å². The van der Waals surface area contributed by atoms with Gasteiger partial charge in [0.05, 0.1) is 24.7 Å². The van der Waals surface area contributed by atoms with E-state index in [4.69, 9.17) is 11.0 Å². The predicted molar refractivity (Wildman–Crippen MR) is 144 cm³/mol. The van der Waals surface area contributed by atoms with Gasteiger partial charge in [0.15, 0.2) is 0 Å². The zero-order valence-electron chi connectivity index (χ0n) is 20.6. The molecule has 1 aliphatic rings. The van der Waals surface area contributed by atoms with Gasteiger partial charge in [-0.2, -0.15) is 5.26 Å². The van der Waals surface area contributed by atoms with Crippen molar-refractivity contribution in [3.05, 3.63) is 98.2 Å². The number of hydrogen-bond acceptors (Lipinski definition) is 6. The summed E-state index contributed by atoms with van der Waals surface area (Å²) in [7, 11) is 0. The Hall–Kier alpha value is -4.58. The largest absolute Gasteiger partial charge is 0.383 e. The van der Waals surface area contributed by atoms with Crippen molar-refractivity contribution in [3.63, 3.8) is 0 Å². The van der Waals surface area contributed by atoms with Crippen LogP contribution >= 0.6 is 0 Å². The van der Waals surface area contributed by atoms with E-state index >= 15 is 0 Å². The van der Waals surface area contributed by atoms with E-state index < -0.39 is 11.2 Å². The number of nitrogens with zero attached hydrogens (tertiary/aromatic N) is 3. The molecule has 0 unspecified atom stereocenters. The Balaban J connectivity index is 1.63. The van der Waals surface area contributed by atoms with Crippen LogP contribution in [-0.4, -0.2) is 28.5 Å².